The highest BCUT2D eigenvalue weighted by molar-refractivity contribution is 5.94. The minimum Gasteiger partial charge on any atom is -0.399 e. The highest BCUT2D eigenvalue weighted by atomic mass is 16.2. The largest absolute Gasteiger partial charge is 0.399 e. The number of aryl methyl sites for hydroxylation is 1. The van der Waals surface area contributed by atoms with Crippen LogP contribution in [0, 0.1) is 6.92 Å². The summed E-state index contributed by atoms with van der Waals surface area (Å²) in [5.41, 5.74) is 7.54. The molecule has 1 atom stereocenters. The molecule has 1 aromatic carbocycles. The molecular weight excluding hydrogens is 278 g/mol. The highest BCUT2D eigenvalue weighted by Crippen LogP contribution is 2.18. The van der Waals surface area contributed by atoms with Crippen LogP contribution in [0.1, 0.15) is 31.5 Å². The van der Waals surface area contributed by atoms with Crippen molar-refractivity contribution in [2.24, 2.45) is 0 Å². The second kappa shape index (κ2) is 6.93. The number of benzene rings is 1. The average Bonchev–Trinajstić information content (AvgIpc) is 2.46. The Kier molecular flexibility index (Phi) is 4.99. The Balaban J connectivity index is 2.31. The molecule has 1 heterocycles. The molecule has 1 amide bonds. The third kappa shape index (κ3) is 3.55. The first-order valence-electron chi connectivity index (χ1n) is 7.37. The van der Waals surface area contributed by atoms with Crippen LogP contribution in [0.15, 0.2) is 47.3 Å². The van der Waals surface area contributed by atoms with Crippen molar-refractivity contribution >= 4 is 17.3 Å². The molecule has 116 valence electrons. The topological polar surface area (TPSA) is 77.1 Å². The first-order chi connectivity index (χ1) is 10.5. The maximum absolute atomic E-state index is 12.6. The Bertz CT molecular complexity index is 722. The lowest BCUT2D eigenvalue weighted by molar-refractivity contribution is -0.119. The van der Waals surface area contributed by atoms with Crippen molar-refractivity contribution in [3.05, 3.63) is 58.5 Å². The Morgan fingerprint density at radius 3 is 2.64 bits per heavy atom. The SMILES string of the molecule is CCCC(C(=O)Nc1cccc(N)c1)n1c(C)cccc1=O. The number of anilines is 2. The fourth-order valence-electron chi connectivity index (χ4n) is 2.50. The summed E-state index contributed by atoms with van der Waals surface area (Å²) < 4.78 is 1.55. The van der Waals surface area contributed by atoms with E-state index in [4.69, 9.17) is 5.73 Å². The van der Waals surface area contributed by atoms with Crippen LogP contribution in [-0.4, -0.2) is 10.5 Å². The minimum absolute atomic E-state index is 0.166. The molecule has 0 aliphatic heterocycles. The van der Waals surface area contributed by atoms with Gasteiger partial charge in [-0.05, 0) is 37.6 Å². The molecule has 0 aliphatic carbocycles. The predicted octanol–water partition coefficient (Wildman–Crippen LogP) is 2.72. The van der Waals surface area contributed by atoms with Crippen molar-refractivity contribution < 1.29 is 4.79 Å². The van der Waals surface area contributed by atoms with E-state index in [0.29, 0.717) is 17.8 Å². The Labute approximate surface area is 129 Å². The van der Waals surface area contributed by atoms with Crippen LogP contribution in [0.25, 0.3) is 0 Å². The van der Waals surface area contributed by atoms with E-state index >= 15 is 0 Å². The molecule has 0 saturated carbocycles. The third-order valence-corrected chi connectivity index (χ3v) is 3.52. The molecule has 0 bridgehead atoms. The highest BCUT2D eigenvalue weighted by Gasteiger charge is 2.21. The van der Waals surface area contributed by atoms with E-state index in [0.717, 1.165) is 12.1 Å². The summed E-state index contributed by atoms with van der Waals surface area (Å²) in [5.74, 6) is -0.205. The summed E-state index contributed by atoms with van der Waals surface area (Å²) in [6.07, 6.45) is 1.40. The maximum Gasteiger partial charge on any atom is 0.251 e. The molecule has 0 radical (unpaired) electrons. The van der Waals surface area contributed by atoms with Gasteiger partial charge < -0.3 is 15.6 Å². The minimum atomic E-state index is -0.528. The lowest BCUT2D eigenvalue weighted by atomic mass is 10.1. The van der Waals surface area contributed by atoms with E-state index < -0.39 is 6.04 Å². The van der Waals surface area contributed by atoms with Gasteiger partial charge in [0.05, 0.1) is 0 Å². The molecule has 0 spiro atoms. The molecule has 2 rings (SSSR count). The zero-order valence-electron chi connectivity index (χ0n) is 12.9. The summed E-state index contributed by atoms with van der Waals surface area (Å²) in [5, 5.41) is 2.84. The molecule has 0 aliphatic rings. The quantitative estimate of drug-likeness (QED) is 0.833. The number of carbonyl (C=O) groups excluding carboxylic acids is 1. The molecule has 1 aromatic heterocycles. The van der Waals surface area contributed by atoms with E-state index in [1.165, 1.54) is 6.07 Å². The van der Waals surface area contributed by atoms with Gasteiger partial charge in [-0.25, -0.2) is 0 Å². The van der Waals surface area contributed by atoms with Gasteiger partial charge >= 0.3 is 0 Å². The molecule has 1 unspecified atom stereocenters. The molecule has 2 aromatic rings. The van der Waals surface area contributed by atoms with Crippen LogP contribution >= 0.6 is 0 Å². The number of nitrogen functional groups attached to an aromatic ring is 1. The molecule has 0 fully saturated rings. The van der Waals surface area contributed by atoms with E-state index in [-0.39, 0.29) is 11.5 Å². The second-order valence-corrected chi connectivity index (χ2v) is 5.29. The van der Waals surface area contributed by atoms with Gasteiger partial charge in [0.15, 0.2) is 0 Å². The van der Waals surface area contributed by atoms with Crippen molar-refractivity contribution in [2.75, 3.05) is 11.1 Å². The van der Waals surface area contributed by atoms with E-state index in [9.17, 15) is 9.59 Å². The van der Waals surface area contributed by atoms with E-state index in [1.54, 1.807) is 34.9 Å². The maximum atomic E-state index is 12.6. The van der Waals surface area contributed by atoms with Gasteiger partial charge in [-0.3, -0.25) is 9.59 Å². The first kappa shape index (κ1) is 15.8. The monoisotopic (exact) mass is 299 g/mol. The third-order valence-electron chi connectivity index (χ3n) is 3.52. The smallest absolute Gasteiger partial charge is 0.251 e. The lowest BCUT2D eigenvalue weighted by Gasteiger charge is -2.21. The number of carbonyl (C=O) groups is 1. The van der Waals surface area contributed by atoms with Gasteiger partial charge in [-0.2, -0.15) is 0 Å². The molecule has 5 heteroatoms. The van der Waals surface area contributed by atoms with Crippen LogP contribution in [0.5, 0.6) is 0 Å². The number of hydrogen-bond donors (Lipinski definition) is 2. The Morgan fingerprint density at radius 1 is 1.27 bits per heavy atom. The van der Waals surface area contributed by atoms with Crippen LogP contribution in [0.3, 0.4) is 0 Å². The number of nitrogens with zero attached hydrogens (tertiary/aromatic N) is 1. The van der Waals surface area contributed by atoms with Crippen molar-refractivity contribution in [1.29, 1.82) is 0 Å². The summed E-state index contributed by atoms with van der Waals surface area (Å²) in [6, 6.07) is 11.5. The normalized spacial score (nSPS) is 11.9. The zero-order valence-corrected chi connectivity index (χ0v) is 12.9. The molecule has 22 heavy (non-hydrogen) atoms. The van der Waals surface area contributed by atoms with Crippen LogP contribution in [0.2, 0.25) is 0 Å². The van der Waals surface area contributed by atoms with Gasteiger partial charge in [-0.15, -0.1) is 0 Å². The summed E-state index contributed by atoms with van der Waals surface area (Å²) >= 11 is 0. The fraction of sp³-hybridized carbons (Fsp3) is 0.294. The van der Waals surface area contributed by atoms with Crippen LogP contribution in [-0.2, 0) is 4.79 Å². The van der Waals surface area contributed by atoms with Crippen molar-refractivity contribution in [1.82, 2.24) is 4.57 Å². The van der Waals surface area contributed by atoms with Crippen molar-refractivity contribution in [2.45, 2.75) is 32.7 Å². The van der Waals surface area contributed by atoms with E-state index in [1.807, 2.05) is 19.9 Å². The molecular formula is C17H21N3O2. The number of rotatable bonds is 5. The molecule has 3 N–H and O–H groups in total. The van der Waals surface area contributed by atoms with Crippen LogP contribution in [0.4, 0.5) is 11.4 Å². The van der Waals surface area contributed by atoms with Crippen molar-refractivity contribution in [3.63, 3.8) is 0 Å². The number of amides is 1. The number of hydrogen-bond acceptors (Lipinski definition) is 3. The standard InChI is InChI=1S/C17H21N3O2/c1-3-6-15(20-12(2)7-4-10-16(20)21)17(22)19-14-9-5-8-13(18)11-14/h4-5,7-11,15H,3,6,18H2,1-2H3,(H,19,22). The average molecular weight is 299 g/mol. The number of pyridine rings is 1. The van der Waals surface area contributed by atoms with Gasteiger partial charge in [-0.1, -0.05) is 25.5 Å². The zero-order chi connectivity index (χ0) is 16.1. The predicted molar refractivity (Wildman–Crippen MR) is 88.9 cm³/mol. The van der Waals surface area contributed by atoms with E-state index in [2.05, 4.69) is 5.32 Å². The van der Waals surface area contributed by atoms with Crippen molar-refractivity contribution in [3.8, 4) is 0 Å². The first-order valence-corrected chi connectivity index (χ1v) is 7.37. The summed E-state index contributed by atoms with van der Waals surface area (Å²) in [6.45, 7) is 3.82. The molecule has 0 saturated heterocycles. The van der Waals surface area contributed by atoms with Crippen LogP contribution < -0.4 is 16.6 Å². The lowest BCUT2D eigenvalue weighted by Crippen LogP contribution is -2.34. The Morgan fingerprint density at radius 2 is 2.00 bits per heavy atom. The summed E-state index contributed by atoms with van der Waals surface area (Å²) in [7, 11) is 0. The molecule has 5 nitrogen and oxygen atoms in total. The van der Waals surface area contributed by atoms with Gasteiger partial charge in [0, 0.05) is 23.1 Å². The summed E-state index contributed by atoms with van der Waals surface area (Å²) in [4.78, 5) is 24.7. The van der Waals surface area contributed by atoms with Gasteiger partial charge in [0.1, 0.15) is 6.04 Å². The van der Waals surface area contributed by atoms with Gasteiger partial charge in [0.2, 0.25) is 5.91 Å². The number of nitrogens with one attached hydrogen (secondary N) is 1. The number of aromatic nitrogens is 1. The Hall–Kier alpha value is -2.56. The fourth-order valence-corrected chi connectivity index (χ4v) is 2.50. The van der Waals surface area contributed by atoms with Gasteiger partial charge in [0.25, 0.3) is 5.56 Å². The number of nitrogens with two attached hydrogens (primary N) is 1. The second-order valence-electron chi connectivity index (χ2n) is 5.29.